The average molecular weight is 393 g/mol. The summed E-state index contributed by atoms with van der Waals surface area (Å²) in [5.41, 5.74) is 6.88. The van der Waals surface area contributed by atoms with Crippen LogP contribution in [-0.2, 0) is 6.42 Å². The summed E-state index contributed by atoms with van der Waals surface area (Å²) in [6.45, 7) is 9.70. The maximum absolute atomic E-state index is 3.65. The van der Waals surface area contributed by atoms with Crippen LogP contribution in [0.3, 0.4) is 0 Å². The van der Waals surface area contributed by atoms with Gasteiger partial charge in [-0.05, 0) is 73.0 Å². The third-order valence-corrected chi connectivity index (χ3v) is 5.24. The van der Waals surface area contributed by atoms with E-state index < -0.39 is 0 Å². The van der Waals surface area contributed by atoms with E-state index in [1.807, 2.05) is 0 Å². The number of rotatable bonds is 5. The molecule has 0 aliphatic carbocycles. The summed E-state index contributed by atoms with van der Waals surface area (Å²) < 4.78 is 1.38. The zero-order chi connectivity index (χ0) is 15.4. The predicted molar refractivity (Wildman–Crippen MR) is 99.9 cm³/mol. The Kier molecular flexibility index (Phi) is 5.82. The maximum atomic E-state index is 3.65. The van der Waals surface area contributed by atoms with Crippen LogP contribution in [0.5, 0.6) is 0 Å². The van der Waals surface area contributed by atoms with Crippen molar-refractivity contribution in [1.82, 2.24) is 5.32 Å². The summed E-state index contributed by atoms with van der Waals surface area (Å²) in [5.74, 6) is 0. The molecule has 0 saturated carbocycles. The van der Waals surface area contributed by atoms with Crippen LogP contribution in [0.2, 0.25) is 0 Å². The molecule has 0 aliphatic heterocycles. The quantitative estimate of drug-likeness (QED) is 0.697. The first-order valence-electron chi connectivity index (χ1n) is 7.56. The highest BCUT2D eigenvalue weighted by Gasteiger charge is 2.15. The van der Waals surface area contributed by atoms with Gasteiger partial charge >= 0.3 is 0 Å². The van der Waals surface area contributed by atoms with Crippen molar-refractivity contribution in [3.63, 3.8) is 0 Å². The van der Waals surface area contributed by atoms with Gasteiger partial charge in [0, 0.05) is 9.61 Å². The number of aryl methyl sites for hydroxylation is 3. The van der Waals surface area contributed by atoms with Crippen molar-refractivity contribution in [1.29, 1.82) is 0 Å². The Balaban J connectivity index is 2.32. The Morgan fingerprint density at radius 2 is 1.71 bits per heavy atom. The van der Waals surface area contributed by atoms with E-state index in [4.69, 9.17) is 0 Å². The molecule has 1 atom stereocenters. The molecular formula is C19H24IN. The van der Waals surface area contributed by atoms with Crippen LogP contribution in [0.1, 0.15) is 40.8 Å². The van der Waals surface area contributed by atoms with E-state index in [0.29, 0.717) is 6.04 Å². The van der Waals surface area contributed by atoms with Crippen LogP contribution in [-0.4, -0.2) is 6.54 Å². The number of hydrogen-bond acceptors (Lipinski definition) is 1. The highest BCUT2D eigenvalue weighted by molar-refractivity contribution is 14.1. The van der Waals surface area contributed by atoms with Crippen LogP contribution >= 0.6 is 22.6 Å². The van der Waals surface area contributed by atoms with Gasteiger partial charge in [0.2, 0.25) is 0 Å². The fourth-order valence-corrected chi connectivity index (χ4v) is 3.64. The van der Waals surface area contributed by atoms with E-state index in [1.165, 1.54) is 31.4 Å². The Hall–Kier alpha value is -0.870. The molecule has 0 heterocycles. The number of nitrogens with one attached hydrogen (secondary N) is 1. The standard InChI is InChI=1S/C19H24IN/c1-5-21-18(17-8-6-7-15(4)19(17)20)12-16-10-13(2)9-14(3)11-16/h6-11,18,21H,5,12H2,1-4H3. The lowest BCUT2D eigenvalue weighted by Gasteiger charge is -2.21. The Bertz CT molecular complexity index is 599. The van der Waals surface area contributed by atoms with Crippen LogP contribution in [0.15, 0.2) is 36.4 Å². The van der Waals surface area contributed by atoms with Gasteiger partial charge in [0.25, 0.3) is 0 Å². The minimum atomic E-state index is 0.378. The Morgan fingerprint density at radius 3 is 2.33 bits per heavy atom. The molecule has 112 valence electrons. The lowest BCUT2D eigenvalue weighted by atomic mass is 9.95. The predicted octanol–water partition coefficient (Wildman–Crippen LogP) is 5.11. The highest BCUT2D eigenvalue weighted by Crippen LogP contribution is 2.26. The lowest BCUT2D eigenvalue weighted by molar-refractivity contribution is 0.547. The second kappa shape index (κ2) is 7.41. The minimum Gasteiger partial charge on any atom is -0.310 e. The van der Waals surface area contributed by atoms with Crippen molar-refractivity contribution in [2.24, 2.45) is 0 Å². The van der Waals surface area contributed by atoms with Crippen molar-refractivity contribution in [3.8, 4) is 0 Å². The van der Waals surface area contributed by atoms with E-state index in [-0.39, 0.29) is 0 Å². The molecule has 0 aromatic heterocycles. The van der Waals surface area contributed by atoms with Crippen LogP contribution in [0.4, 0.5) is 0 Å². The molecular weight excluding hydrogens is 369 g/mol. The second-order valence-corrected chi connectivity index (χ2v) is 6.87. The van der Waals surface area contributed by atoms with Gasteiger partial charge in [-0.3, -0.25) is 0 Å². The summed E-state index contributed by atoms with van der Waals surface area (Å²) in [6.07, 6.45) is 1.04. The van der Waals surface area contributed by atoms with Crippen molar-refractivity contribution in [2.45, 2.75) is 40.2 Å². The zero-order valence-electron chi connectivity index (χ0n) is 13.3. The smallest absolute Gasteiger partial charge is 0.0371 e. The monoisotopic (exact) mass is 393 g/mol. The minimum absolute atomic E-state index is 0.378. The fraction of sp³-hybridized carbons (Fsp3) is 0.368. The molecule has 0 spiro atoms. The molecule has 2 aromatic rings. The summed E-state index contributed by atoms with van der Waals surface area (Å²) in [5, 5.41) is 3.65. The van der Waals surface area contributed by atoms with Crippen LogP contribution < -0.4 is 5.32 Å². The summed E-state index contributed by atoms with van der Waals surface area (Å²) in [6, 6.07) is 13.8. The SMILES string of the molecule is CCNC(Cc1cc(C)cc(C)c1)c1cccc(C)c1I. The highest BCUT2D eigenvalue weighted by atomic mass is 127. The normalized spacial score (nSPS) is 12.4. The molecule has 1 unspecified atom stereocenters. The number of benzene rings is 2. The number of hydrogen-bond donors (Lipinski definition) is 1. The first-order valence-corrected chi connectivity index (χ1v) is 8.64. The molecule has 2 aromatic carbocycles. The molecule has 0 aliphatic rings. The zero-order valence-corrected chi connectivity index (χ0v) is 15.5. The summed E-state index contributed by atoms with van der Waals surface area (Å²) >= 11 is 2.48. The van der Waals surface area contributed by atoms with E-state index in [9.17, 15) is 0 Å². The van der Waals surface area contributed by atoms with E-state index in [0.717, 1.165) is 13.0 Å². The molecule has 21 heavy (non-hydrogen) atoms. The van der Waals surface area contributed by atoms with E-state index in [1.54, 1.807) is 0 Å². The largest absolute Gasteiger partial charge is 0.310 e. The maximum Gasteiger partial charge on any atom is 0.0371 e. The molecule has 0 amide bonds. The fourth-order valence-electron chi connectivity index (χ4n) is 2.90. The van der Waals surface area contributed by atoms with Gasteiger partial charge in [0.15, 0.2) is 0 Å². The van der Waals surface area contributed by atoms with Gasteiger partial charge in [-0.1, -0.05) is 54.4 Å². The van der Waals surface area contributed by atoms with Crippen molar-refractivity contribution in [3.05, 3.63) is 67.8 Å². The third kappa shape index (κ3) is 4.30. The van der Waals surface area contributed by atoms with Gasteiger partial charge in [0.1, 0.15) is 0 Å². The second-order valence-electron chi connectivity index (χ2n) is 5.79. The van der Waals surface area contributed by atoms with Gasteiger partial charge in [-0.2, -0.15) is 0 Å². The van der Waals surface area contributed by atoms with Gasteiger partial charge in [0.05, 0.1) is 0 Å². The van der Waals surface area contributed by atoms with Crippen molar-refractivity contribution >= 4 is 22.6 Å². The van der Waals surface area contributed by atoms with E-state index >= 15 is 0 Å². The molecule has 1 N–H and O–H groups in total. The molecule has 2 rings (SSSR count). The first kappa shape index (κ1) is 16.5. The number of likely N-dealkylation sites (N-methyl/N-ethyl adjacent to an activating group) is 1. The summed E-state index contributed by atoms with van der Waals surface area (Å²) in [4.78, 5) is 0. The first-order chi connectivity index (χ1) is 10.0. The van der Waals surface area contributed by atoms with Crippen LogP contribution in [0.25, 0.3) is 0 Å². The van der Waals surface area contributed by atoms with Crippen molar-refractivity contribution in [2.75, 3.05) is 6.54 Å². The van der Waals surface area contributed by atoms with E-state index in [2.05, 4.69) is 92.0 Å². The Labute approximate surface area is 142 Å². The Morgan fingerprint density at radius 1 is 1.05 bits per heavy atom. The lowest BCUT2D eigenvalue weighted by Crippen LogP contribution is -2.24. The third-order valence-electron chi connectivity index (χ3n) is 3.77. The van der Waals surface area contributed by atoms with Crippen molar-refractivity contribution < 1.29 is 0 Å². The van der Waals surface area contributed by atoms with Gasteiger partial charge < -0.3 is 5.32 Å². The molecule has 0 radical (unpaired) electrons. The topological polar surface area (TPSA) is 12.0 Å². The molecule has 0 fully saturated rings. The average Bonchev–Trinajstić information content (AvgIpc) is 2.40. The molecule has 2 heteroatoms. The van der Waals surface area contributed by atoms with Crippen LogP contribution in [0, 0.1) is 24.3 Å². The number of halogens is 1. The molecule has 0 saturated heterocycles. The molecule has 0 bridgehead atoms. The summed E-state index contributed by atoms with van der Waals surface area (Å²) in [7, 11) is 0. The molecule has 1 nitrogen and oxygen atoms in total. The van der Waals surface area contributed by atoms with Gasteiger partial charge in [-0.15, -0.1) is 0 Å². The van der Waals surface area contributed by atoms with Gasteiger partial charge in [-0.25, -0.2) is 0 Å².